The quantitative estimate of drug-likeness (QED) is 0.300. The van der Waals surface area contributed by atoms with Crippen LogP contribution >= 0.6 is 0 Å². The number of hydrogen-bond acceptors (Lipinski definition) is 10. The molecule has 0 bridgehead atoms. The highest BCUT2D eigenvalue weighted by molar-refractivity contribution is 5.77. The number of nitrogens with one attached hydrogen (secondary N) is 2. The zero-order valence-electron chi connectivity index (χ0n) is 17.3. The van der Waals surface area contributed by atoms with E-state index in [9.17, 15) is 14.9 Å². The van der Waals surface area contributed by atoms with E-state index in [1.807, 2.05) is 0 Å². The third kappa shape index (κ3) is 3.13. The van der Waals surface area contributed by atoms with Crippen LogP contribution in [0.5, 0.6) is 11.5 Å². The summed E-state index contributed by atoms with van der Waals surface area (Å²) in [5.41, 5.74) is 1.10. The lowest BCUT2D eigenvalue weighted by atomic mass is 9.91. The summed E-state index contributed by atoms with van der Waals surface area (Å²) in [5, 5.41) is 33.1. The Morgan fingerprint density at radius 3 is 2.67 bits per heavy atom. The van der Waals surface area contributed by atoms with Crippen LogP contribution in [0.3, 0.4) is 0 Å². The molecule has 0 amide bonds. The van der Waals surface area contributed by atoms with Crippen molar-refractivity contribution in [3.63, 3.8) is 0 Å². The number of nitrogens with zero attached hydrogens (tertiary/aromatic N) is 6. The lowest BCUT2D eigenvalue weighted by Crippen LogP contribution is -2.29. The Bertz CT molecular complexity index is 1450. The van der Waals surface area contributed by atoms with Gasteiger partial charge in [0.05, 0.1) is 30.4 Å². The molecule has 5 rings (SSSR count). The Morgan fingerprint density at radius 1 is 1.12 bits per heavy atom. The van der Waals surface area contributed by atoms with Crippen LogP contribution in [0, 0.1) is 10.1 Å². The van der Waals surface area contributed by atoms with E-state index < -0.39 is 16.5 Å². The number of para-hydroxylation sites is 1. The zero-order valence-corrected chi connectivity index (χ0v) is 17.3. The fourth-order valence-corrected chi connectivity index (χ4v) is 3.91. The van der Waals surface area contributed by atoms with Crippen molar-refractivity contribution in [3.05, 3.63) is 74.1 Å². The molecule has 13 nitrogen and oxygen atoms in total. The van der Waals surface area contributed by atoms with E-state index in [1.165, 1.54) is 25.0 Å². The summed E-state index contributed by atoms with van der Waals surface area (Å²) in [4.78, 5) is 24.1. The first-order valence-electron chi connectivity index (χ1n) is 9.66. The Morgan fingerprint density at radius 2 is 1.91 bits per heavy atom. The molecule has 1 atom stereocenters. The average molecular weight is 448 g/mol. The highest BCUT2D eigenvalue weighted by Crippen LogP contribution is 2.44. The number of rotatable bonds is 5. The second-order valence-electron chi connectivity index (χ2n) is 7.05. The van der Waals surface area contributed by atoms with Crippen LogP contribution in [0.4, 0.5) is 17.3 Å². The van der Waals surface area contributed by atoms with Crippen molar-refractivity contribution < 1.29 is 14.4 Å². The Hall–Kier alpha value is -4.81. The van der Waals surface area contributed by atoms with Crippen LogP contribution < -0.4 is 20.3 Å². The van der Waals surface area contributed by atoms with Gasteiger partial charge in [-0.25, -0.2) is 5.10 Å². The number of H-pyrrole nitrogens is 1. The van der Waals surface area contributed by atoms with Crippen molar-refractivity contribution in [1.82, 2.24) is 30.4 Å². The Kier molecular flexibility index (Phi) is 4.70. The number of nitro benzene ring substituents is 1. The van der Waals surface area contributed by atoms with E-state index >= 15 is 0 Å². The summed E-state index contributed by atoms with van der Waals surface area (Å²) in [7, 11) is 3.02. The number of hydrogen-bond donors (Lipinski definition) is 2. The molecule has 33 heavy (non-hydrogen) atoms. The van der Waals surface area contributed by atoms with Gasteiger partial charge in [-0.05, 0) is 34.7 Å². The van der Waals surface area contributed by atoms with Gasteiger partial charge in [-0.1, -0.05) is 17.2 Å². The lowest BCUT2D eigenvalue weighted by Gasteiger charge is -2.27. The number of aromatic nitrogens is 6. The van der Waals surface area contributed by atoms with Crippen LogP contribution in [0.15, 0.2) is 47.3 Å². The second-order valence-corrected chi connectivity index (χ2v) is 7.05. The Labute approximate surface area is 185 Å². The molecule has 166 valence electrons. The highest BCUT2D eigenvalue weighted by atomic mass is 16.6. The van der Waals surface area contributed by atoms with E-state index in [1.54, 1.807) is 36.4 Å². The maximum absolute atomic E-state index is 12.8. The van der Waals surface area contributed by atoms with E-state index in [2.05, 4.69) is 31.0 Å². The molecule has 0 radical (unpaired) electrons. The molecule has 0 fully saturated rings. The SMILES string of the molecule is COc1ccc(-c2n[nH]c(=O)c3c2[C@H](c2ccccc2[N+](=O)[O-])n2nnnc2N3)cc1OC. The summed E-state index contributed by atoms with van der Waals surface area (Å²) < 4.78 is 12.1. The van der Waals surface area contributed by atoms with Crippen LogP contribution in [-0.2, 0) is 0 Å². The van der Waals surface area contributed by atoms with Crippen molar-refractivity contribution in [2.45, 2.75) is 6.04 Å². The predicted molar refractivity (Wildman–Crippen MR) is 115 cm³/mol. The molecule has 0 saturated carbocycles. The molecular formula is C20H16N8O5. The van der Waals surface area contributed by atoms with Crippen LogP contribution in [0.1, 0.15) is 17.2 Å². The monoisotopic (exact) mass is 448 g/mol. The van der Waals surface area contributed by atoms with Gasteiger partial charge in [0.1, 0.15) is 11.7 Å². The van der Waals surface area contributed by atoms with Gasteiger partial charge in [0.2, 0.25) is 5.95 Å². The Balaban J connectivity index is 1.83. The smallest absolute Gasteiger partial charge is 0.288 e. The first-order valence-corrected chi connectivity index (χ1v) is 9.66. The zero-order chi connectivity index (χ0) is 23.1. The summed E-state index contributed by atoms with van der Waals surface area (Å²) in [6.07, 6.45) is 0. The molecule has 4 aromatic rings. The average Bonchev–Trinajstić information content (AvgIpc) is 3.31. The molecule has 1 aliphatic heterocycles. The van der Waals surface area contributed by atoms with Crippen LogP contribution in [-0.4, -0.2) is 49.5 Å². The van der Waals surface area contributed by atoms with Gasteiger partial charge < -0.3 is 14.8 Å². The molecule has 0 unspecified atom stereocenters. The number of benzene rings is 2. The van der Waals surface area contributed by atoms with Crippen LogP contribution in [0.25, 0.3) is 11.3 Å². The molecule has 2 N–H and O–H groups in total. The summed E-state index contributed by atoms with van der Waals surface area (Å²) >= 11 is 0. The van der Waals surface area contributed by atoms with Crippen LogP contribution in [0.2, 0.25) is 0 Å². The number of methoxy groups -OCH3 is 2. The number of anilines is 2. The van der Waals surface area contributed by atoms with Gasteiger partial charge in [0.25, 0.3) is 11.2 Å². The number of nitro groups is 1. The largest absolute Gasteiger partial charge is 0.493 e. The van der Waals surface area contributed by atoms with Gasteiger partial charge in [-0.15, -0.1) is 0 Å². The third-order valence-corrected chi connectivity index (χ3v) is 5.35. The van der Waals surface area contributed by atoms with Crippen molar-refractivity contribution in [2.75, 3.05) is 19.5 Å². The summed E-state index contributed by atoms with van der Waals surface area (Å²) in [6.45, 7) is 0. The normalized spacial score (nSPS) is 14.1. The van der Waals surface area contributed by atoms with Crippen molar-refractivity contribution in [3.8, 4) is 22.8 Å². The standard InChI is InChI=1S/C20H16N8O5/c1-32-13-8-7-10(9-14(13)33-2)16-15-17(19(29)23-22-16)21-20-24-25-26-27(20)18(15)11-5-3-4-6-12(11)28(30)31/h3-9,18H,1-2H3,(H,23,29)(H,21,24,26)/t18-/m0/s1. The fourth-order valence-electron chi connectivity index (χ4n) is 3.91. The third-order valence-electron chi connectivity index (χ3n) is 5.35. The first-order chi connectivity index (χ1) is 16.0. The van der Waals surface area contributed by atoms with Gasteiger partial charge >= 0.3 is 0 Å². The molecular weight excluding hydrogens is 432 g/mol. The number of ether oxygens (including phenoxy) is 2. The molecule has 0 aliphatic carbocycles. The molecule has 2 aromatic heterocycles. The minimum atomic E-state index is -0.897. The molecule has 0 spiro atoms. The number of fused-ring (bicyclic) bond motifs is 2. The summed E-state index contributed by atoms with van der Waals surface area (Å²) in [6, 6.07) is 10.5. The van der Waals surface area contributed by atoms with Gasteiger partial charge in [-0.2, -0.15) is 9.78 Å². The first kappa shape index (κ1) is 20.1. The number of aromatic amines is 1. The summed E-state index contributed by atoms with van der Waals surface area (Å²) in [5.74, 6) is 1.13. The van der Waals surface area contributed by atoms with Gasteiger partial charge in [0.15, 0.2) is 11.5 Å². The van der Waals surface area contributed by atoms with Gasteiger partial charge in [0, 0.05) is 17.2 Å². The highest BCUT2D eigenvalue weighted by Gasteiger charge is 2.37. The molecule has 13 heteroatoms. The van der Waals surface area contributed by atoms with Crippen molar-refractivity contribution in [1.29, 1.82) is 0 Å². The fraction of sp³-hybridized carbons (Fsp3) is 0.150. The van der Waals surface area contributed by atoms with E-state index in [0.717, 1.165) is 0 Å². The minimum absolute atomic E-state index is 0.139. The van der Waals surface area contributed by atoms with Gasteiger partial charge in [-0.3, -0.25) is 14.9 Å². The second kappa shape index (κ2) is 7.71. The van der Waals surface area contributed by atoms with Crippen molar-refractivity contribution in [2.24, 2.45) is 0 Å². The molecule has 2 aromatic carbocycles. The van der Waals surface area contributed by atoms with E-state index in [0.29, 0.717) is 33.9 Å². The predicted octanol–water partition coefficient (Wildman–Crippen LogP) is 2.04. The lowest BCUT2D eigenvalue weighted by molar-refractivity contribution is -0.385. The maximum atomic E-state index is 12.8. The maximum Gasteiger partial charge on any atom is 0.288 e. The number of tetrazole rings is 1. The van der Waals surface area contributed by atoms with E-state index in [-0.39, 0.29) is 17.3 Å². The molecule has 0 saturated heterocycles. The van der Waals surface area contributed by atoms with E-state index in [4.69, 9.17) is 9.47 Å². The topological polar surface area (TPSA) is 163 Å². The molecule has 3 heterocycles. The minimum Gasteiger partial charge on any atom is -0.493 e. The van der Waals surface area contributed by atoms with Crippen molar-refractivity contribution >= 4 is 17.3 Å². The molecule has 1 aliphatic rings.